The molecule has 0 aliphatic heterocycles. The minimum Gasteiger partial charge on any atom is -0.455 e. The van der Waals surface area contributed by atoms with Gasteiger partial charge in [0.25, 0.3) is 0 Å². The van der Waals surface area contributed by atoms with Gasteiger partial charge in [0.1, 0.15) is 12.4 Å². The van der Waals surface area contributed by atoms with Crippen molar-refractivity contribution in [3.05, 3.63) is 47.9 Å². The molecule has 3 heterocycles. The van der Waals surface area contributed by atoms with Crippen molar-refractivity contribution in [2.24, 2.45) is 0 Å². The lowest BCUT2D eigenvalue weighted by Crippen LogP contribution is -1.74. The number of aldehydes is 1. The van der Waals surface area contributed by atoms with Crippen molar-refractivity contribution in [3.8, 4) is 23.0 Å². The summed E-state index contributed by atoms with van der Waals surface area (Å²) in [5.74, 6) is 2.74. The molecule has 0 spiro atoms. The fourth-order valence-corrected chi connectivity index (χ4v) is 1.75. The lowest BCUT2D eigenvalue weighted by Gasteiger charge is -1.92. The Bertz CT molecular complexity index is 701. The molecule has 0 bridgehead atoms. The van der Waals surface area contributed by atoms with E-state index in [1.54, 1.807) is 36.4 Å². The van der Waals surface area contributed by atoms with Crippen LogP contribution in [0.4, 0.5) is 0 Å². The number of carbonyl (C=O) groups excluding carboxylic acids is 1. The summed E-state index contributed by atoms with van der Waals surface area (Å²) in [5.41, 5.74) is 0. The number of hydrogen-bond donors (Lipinski definition) is 1. The SMILES string of the molecule is O=Cc1ccc(-c2ccc(-c3ccc(CO)o3)o2)o1. The largest absolute Gasteiger partial charge is 0.455 e. The maximum absolute atomic E-state index is 10.6. The highest BCUT2D eigenvalue weighted by Crippen LogP contribution is 2.30. The van der Waals surface area contributed by atoms with Crippen molar-refractivity contribution in [2.75, 3.05) is 0 Å². The fraction of sp³-hybridized carbons (Fsp3) is 0.0714. The van der Waals surface area contributed by atoms with Crippen LogP contribution in [0.5, 0.6) is 0 Å². The van der Waals surface area contributed by atoms with E-state index in [0.717, 1.165) is 0 Å². The van der Waals surface area contributed by atoms with Gasteiger partial charge in [-0.3, -0.25) is 4.79 Å². The molecule has 5 nitrogen and oxygen atoms in total. The lowest BCUT2D eigenvalue weighted by atomic mass is 10.3. The van der Waals surface area contributed by atoms with E-state index in [1.165, 1.54) is 0 Å². The smallest absolute Gasteiger partial charge is 0.185 e. The lowest BCUT2D eigenvalue weighted by molar-refractivity contribution is 0.110. The van der Waals surface area contributed by atoms with Crippen molar-refractivity contribution in [1.29, 1.82) is 0 Å². The minimum absolute atomic E-state index is 0.158. The van der Waals surface area contributed by atoms with E-state index in [0.29, 0.717) is 35.1 Å². The van der Waals surface area contributed by atoms with Crippen molar-refractivity contribution < 1.29 is 23.2 Å². The van der Waals surface area contributed by atoms with E-state index >= 15 is 0 Å². The third kappa shape index (κ3) is 2.11. The van der Waals surface area contributed by atoms with Crippen LogP contribution in [-0.2, 0) is 6.61 Å². The average Bonchev–Trinajstić information content (AvgIpc) is 3.16. The molecule has 0 aliphatic carbocycles. The van der Waals surface area contributed by atoms with Crippen molar-refractivity contribution in [1.82, 2.24) is 0 Å². The number of rotatable bonds is 4. The summed E-state index contributed by atoms with van der Waals surface area (Å²) in [5, 5.41) is 8.94. The molecule has 0 aliphatic rings. The second-order valence-corrected chi connectivity index (χ2v) is 3.91. The van der Waals surface area contributed by atoms with Gasteiger partial charge in [-0.25, -0.2) is 0 Å². The van der Waals surface area contributed by atoms with Gasteiger partial charge in [-0.2, -0.15) is 0 Å². The van der Waals surface area contributed by atoms with E-state index in [1.807, 2.05) is 0 Å². The summed E-state index contributed by atoms with van der Waals surface area (Å²) in [6.07, 6.45) is 0.632. The molecule has 3 aromatic rings. The fourth-order valence-electron chi connectivity index (χ4n) is 1.75. The van der Waals surface area contributed by atoms with Crippen molar-refractivity contribution in [2.45, 2.75) is 6.61 Å². The van der Waals surface area contributed by atoms with Crippen LogP contribution in [0, 0.1) is 0 Å². The first kappa shape index (κ1) is 11.6. The predicted molar refractivity (Wildman–Crippen MR) is 65.4 cm³/mol. The molecule has 0 atom stereocenters. The molecule has 96 valence electrons. The molecule has 0 fully saturated rings. The summed E-state index contributed by atoms with van der Waals surface area (Å²) >= 11 is 0. The third-order valence-electron chi connectivity index (χ3n) is 2.65. The zero-order chi connectivity index (χ0) is 13.2. The first-order chi connectivity index (χ1) is 9.30. The van der Waals surface area contributed by atoms with Crippen LogP contribution >= 0.6 is 0 Å². The molecule has 0 amide bonds. The molecule has 1 N–H and O–H groups in total. The van der Waals surface area contributed by atoms with E-state index < -0.39 is 0 Å². The first-order valence-corrected chi connectivity index (χ1v) is 5.65. The first-order valence-electron chi connectivity index (χ1n) is 5.65. The average molecular weight is 258 g/mol. The topological polar surface area (TPSA) is 76.7 Å². The highest BCUT2D eigenvalue weighted by atomic mass is 16.4. The molecular weight excluding hydrogens is 248 g/mol. The third-order valence-corrected chi connectivity index (χ3v) is 2.65. The normalized spacial score (nSPS) is 10.8. The Morgan fingerprint density at radius 3 is 2.00 bits per heavy atom. The zero-order valence-electron chi connectivity index (χ0n) is 9.83. The van der Waals surface area contributed by atoms with Gasteiger partial charge >= 0.3 is 0 Å². The Morgan fingerprint density at radius 1 is 0.842 bits per heavy atom. The van der Waals surface area contributed by atoms with Gasteiger partial charge in [0.15, 0.2) is 35.1 Å². The van der Waals surface area contributed by atoms with Crippen molar-refractivity contribution >= 4 is 6.29 Å². The van der Waals surface area contributed by atoms with Gasteiger partial charge in [-0.1, -0.05) is 0 Å². The number of furan rings is 3. The molecular formula is C14H10O5. The van der Waals surface area contributed by atoms with E-state index in [9.17, 15) is 4.79 Å². The molecule has 0 aromatic carbocycles. The zero-order valence-corrected chi connectivity index (χ0v) is 9.83. The van der Waals surface area contributed by atoms with Crippen LogP contribution < -0.4 is 0 Å². The van der Waals surface area contributed by atoms with Gasteiger partial charge in [-0.15, -0.1) is 0 Å². The van der Waals surface area contributed by atoms with Gasteiger partial charge in [-0.05, 0) is 36.4 Å². The number of carbonyl (C=O) groups is 1. The maximum atomic E-state index is 10.6. The van der Waals surface area contributed by atoms with Crippen LogP contribution in [0.2, 0.25) is 0 Å². The molecule has 3 aromatic heterocycles. The van der Waals surface area contributed by atoms with Crippen molar-refractivity contribution in [3.63, 3.8) is 0 Å². The molecule has 0 saturated heterocycles. The second kappa shape index (κ2) is 4.62. The standard InChI is InChI=1S/C14H10O5/c15-7-9-1-3-11(17-9)13-5-6-14(19-13)12-4-2-10(8-16)18-12/h1-7,16H,8H2. The van der Waals surface area contributed by atoms with Crippen LogP contribution in [0.25, 0.3) is 23.0 Å². The highest BCUT2D eigenvalue weighted by molar-refractivity contribution is 5.72. The molecule has 19 heavy (non-hydrogen) atoms. The van der Waals surface area contributed by atoms with E-state index in [-0.39, 0.29) is 12.4 Å². The minimum atomic E-state index is -0.158. The molecule has 0 saturated carbocycles. The predicted octanol–water partition coefficient (Wildman–Crippen LogP) is 3.10. The quantitative estimate of drug-likeness (QED) is 0.727. The van der Waals surface area contributed by atoms with Crippen LogP contribution in [0.3, 0.4) is 0 Å². The van der Waals surface area contributed by atoms with Crippen LogP contribution in [0.15, 0.2) is 49.6 Å². The Hall–Kier alpha value is -2.53. The molecule has 5 heteroatoms. The van der Waals surface area contributed by atoms with Crippen LogP contribution in [-0.4, -0.2) is 11.4 Å². The second-order valence-electron chi connectivity index (χ2n) is 3.91. The van der Waals surface area contributed by atoms with E-state index in [2.05, 4.69) is 0 Å². The number of hydrogen-bond acceptors (Lipinski definition) is 5. The maximum Gasteiger partial charge on any atom is 0.185 e. The Kier molecular flexibility index (Phi) is 2.81. The van der Waals surface area contributed by atoms with Gasteiger partial charge in [0.2, 0.25) is 0 Å². The molecule has 3 rings (SSSR count). The number of aliphatic hydroxyl groups excluding tert-OH is 1. The summed E-state index contributed by atoms with van der Waals surface area (Å²) in [6.45, 7) is -0.158. The molecule has 0 unspecified atom stereocenters. The Labute approximate surface area is 108 Å². The van der Waals surface area contributed by atoms with Crippen LogP contribution in [0.1, 0.15) is 16.3 Å². The van der Waals surface area contributed by atoms with Gasteiger partial charge in [0.05, 0.1) is 0 Å². The Morgan fingerprint density at radius 2 is 1.42 bits per heavy atom. The highest BCUT2D eigenvalue weighted by Gasteiger charge is 2.12. The van der Waals surface area contributed by atoms with E-state index in [4.69, 9.17) is 18.4 Å². The van der Waals surface area contributed by atoms with Gasteiger partial charge in [0, 0.05) is 0 Å². The summed E-state index contributed by atoms with van der Waals surface area (Å²) in [4.78, 5) is 10.6. The monoisotopic (exact) mass is 258 g/mol. The number of aliphatic hydroxyl groups is 1. The summed E-state index contributed by atoms with van der Waals surface area (Å²) in [7, 11) is 0. The van der Waals surface area contributed by atoms with Gasteiger partial charge < -0.3 is 18.4 Å². The Balaban J connectivity index is 1.92. The summed E-state index contributed by atoms with van der Waals surface area (Å²) in [6, 6.07) is 10.1. The summed E-state index contributed by atoms with van der Waals surface area (Å²) < 4.78 is 16.2. The molecule has 0 radical (unpaired) electrons.